The lowest BCUT2D eigenvalue weighted by Crippen LogP contribution is -2.19. The number of nitrogens with one attached hydrogen (secondary N) is 1. The molecule has 0 unspecified atom stereocenters. The number of fused-ring (bicyclic) bond motifs is 2. The number of rotatable bonds is 6. The van der Waals surface area contributed by atoms with Crippen molar-refractivity contribution in [3.8, 4) is 0 Å². The molecule has 4 aromatic carbocycles. The zero-order chi connectivity index (χ0) is 22.6. The average Bonchev–Trinajstić information content (AvgIpc) is 3.21. The van der Waals surface area contributed by atoms with E-state index in [9.17, 15) is 9.18 Å². The minimum atomic E-state index is -0.232. The fourth-order valence-electron chi connectivity index (χ4n) is 4.11. The lowest BCUT2D eigenvalue weighted by molar-refractivity contribution is -0.120. The van der Waals surface area contributed by atoms with E-state index >= 15 is 0 Å². The Morgan fingerprint density at radius 2 is 1.76 bits per heavy atom. The predicted molar refractivity (Wildman–Crippen MR) is 131 cm³/mol. The second-order valence-corrected chi connectivity index (χ2v) is 8.00. The molecule has 0 radical (unpaired) electrons. The maximum atomic E-state index is 13.5. The molecule has 0 fully saturated rings. The maximum Gasteiger partial charge on any atom is 0.244 e. The van der Waals surface area contributed by atoms with Crippen LogP contribution < -0.4 is 5.43 Å². The Balaban J connectivity index is 1.25. The van der Waals surface area contributed by atoms with Crippen LogP contribution in [0.1, 0.15) is 16.7 Å². The van der Waals surface area contributed by atoms with Crippen molar-refractivity contribution in [2.75, 3.05) is 0 Å². The summed E-state index contributed by atoms with van der Waals surface area (Å²) in [7, 11) is 0. The van der Waals surface area contributed by atoms with Crippen molar-refractivity contribution in [3.63, 3.8) is 0 Å². The summed E-state index contributed by atoms with van der Waals surface area (Å²) in [6, 6.07) is 28.6. The normalized spacial score (nSPS) is 11.4. The van der Waals surface area contributed by atoms with Crippen LogP contribution in [0.2, 0.25) is 0 Å². The van der Waals surface area contributed by atoms with Crippen LogP contribution in [0, 0.1) is 5.82 Å². The zero-order valence-corrected chi connectivity index (χ0v) is 17.9. The van der Waals surface area contributed by atoms with Gasteiger partial charge in [0.25, 0.3) is 0 Å². The lowest BCUT2D eigenvalue weighted by atomic mass is 10.0. The molecule has 5 heteroatoms. The van der Waals surface area contributed by atoms with Crippen molar-refractivity contribution in [2.24, 2.45) is 5.10 Å². The maximum absolute atomic E-state index is 13.5. The van der Waals surface area contributed by atoms with Crippen LogP contribution in [0.25, 0.3) is 21.7 Å². The molecule has 1 aromatic heterocycles. The summed E-state index contributed by atoms with van der Waals surface area (Å²) in [6.45, 7) is 0.596. The van der Waals surface area contributed by atoms with Gasteiger partial charge < -0.3 is 4.57 Å². The molecule has 5 aromatic rings. The van der Waals surface area contributed by atoms with Gasteiger partial charge in [-0.2, -0.15) is 5.10 Å². The fourth-order valence-corrected chi connectivity index (χ4v) is 4.11. The van der Waals surface area contributed by atoms with Crippen molar-refractivity contribution in [2.45, 2.75) is 13.0 Å². The van der Waals surface area contributed by atoms with Gasteiger partial charge in [-0.15, -0.1) is 0 Å². The molecule has 0 atom stereocenters. The number of aromatic nitrogens is 1. The van der Waals surface area contributed by atoms with Crippen molar-refractivity contribution < 1.29 is 9.18 Å². The first-order valence-corrected chi connectivity index (χ1v) is 10.8. The number of hydrogen-bond acceptors (Lipinski definition) is 2. The zero-order valence-electron chi connectivity index (χ0n) is 17.9. The molecule has 33 heavy (non-hydrogen) atoms. The molecular formula is C28H22FN3O. The van der Waals surface area contributed by atoms with Crippen LogP contribution in [-0.2, 0) is 17.8 Å². The molecule has 0 aliphatic carbocycles. The van der Waals surface area contributed by atoms with E-state index < -0.39 is 0 Å². The van der Waals surface area contributed by atoms with Gasteiger partial charge in [-0.05, 0) is 57.8 Å². The van der Waals surface area contributed by atoms with Crippen molar-refractivity contribution in [1.29, 1.82) is 0 Å². The first-order chi connectivity index (χ1) is 16.2. The van der Waals surface area contributed by atoms with Gasteiger partial charge >= 0.3 is 0 Å². The number of carbonyl (C=O) groups excluding carboxylic acids is 1. The first kappa shape index (κ1) is 20.6. The SMILES string of the molecule is O=C(Cc1cccc2ccccc12)N/N=C/c1ccc2c(ccn2Cc2cccc(F)c2)c1. The van der Waals surface area contributed by atoms with E-state index in [2.05, 4.69) is 15.1 Å². The number of benzene rings is 4. The average molecular weight is 436 g/mol. The van der Waals surface area contributed by atoms with E-state index in [1.165, 1.54) is 6.07 Å². The smallest absolute Gasteiger partial charge is 0.244 e. The van der Waals surface area contributed by atoms with Crippen molar-refractivity contribution >= 4 is 33.8 Å². The third-order valence-electron chi connectivity index (χ3n) is 5.67. The minimum absolute atomic E-state index is 0.162. The topological polar surface area (TPSA) is 46.4 Å². The van der Waals surface area contributed by atoms with Crippen molar-refractivity contribution in [1.82, 2.24) is 9.99 Å². The van der Waals surface area contributed by atoms with Crippen LogP contribution in [0.5, 0.6) is 0 Å². The third-order valence-corrected chi connectivity index (χ3v) is 5.67. The summed E-state index contributed by atoms with van der Waals surface area (Å²) < 4.78 is 15.6. The molecule has 0 saturated heterocycles. The summed E-state index contributed by atoms with van der Waals surface area (Å²) in [5.74, 6) is -0.394. The van der Waals surface area contributed by atoms with Gasteiger partial charge in [0, 0.05) is 23.6 Å². The fraction of sp³-hybridized carbons (Fsp3) is 0.0714. The largest absolute Gasteiger partial charge is 0.343 e. The quantitative estimate of drug-likeness (QED) is 0.271. The minimum Gasteiger partial charge on any atom is -0.343 e. The summed E-state index contributed by atoms with van der Waals surface area (Å²) in [5.41, 5.74) is 6.45. The van der Waals surface area contributed by atoms with E-state index in [0.29, 0.717) is 6.54 Å². The molecule has 5 rings (SSSR count). The van der Waals surface area contributed by atoms with Crippen LogP contribution in [0.15, 0.2) is 102 Å². The van der Waals surface area contributed by atoms with E-state index in [-0.39, 0.29) is 18.1 Å². The standard InChI is InChI=1S/C28H22FN3O/c29-25-9-3-5-21(16-25)19-32-14-13-24-15-20(11-12-27(24)32)18-30-31-28(33)17-23-8-4-7-22-6-1-2-10-26(22)23/h1-16,18H,17,19H2,(H,31,33)/b30-18+. The van der Waals surface area contributed by atoms with Crippen LogP contribution >= 0.6 is 0 Å². The molecule has 0 aliphatic heterocycles. The second-order valence-electron chi connectivity index (χ2n) is 8.00. The highest BCUT2D eigenvalue weighted by Gasteiger charge is 2.07. The van der Waals surface area contributed by atoms with Crippen LogP contribution in [0.3, 0.4) is 0 Å². The summed E-state index contributed by atoms with van der Waals surface area (Å²) >= 11 is 0. The number of hydrazone groups is 1. The molecule has 0 aliphatic rings. The Morgan fingerprint density at radius 3 is 2.67 bits per heavy atom. The predicted octanol–water partition coefficient (Wildman–Crippen LogP) is 5.67. The molecule has 1 N–H and O–H groups in total. The Hall–Kier alpha value is -4.25. The van der Waals surface area contributed by atoms with Gasteiger partial charge in [-0.25, -0.2) is 9.82 Å². The number of nitrogens with zero attached hydrogens (tertiary/aromatic N) is 2. The number of carbonyl (C=O) groups is 1. The molecular weight excluding hydrogens is 413 g/mol. The van der Waals surface area contributed by atoms with Gasteiger partial charge in [-0.3, -0.25) is 4.79 Å². The Kier molecular flexibility index (Phi) is 5.68. The van der Waals surface area contributed by atoms with E-state index in [1.807, 2.05) is 79.0 Å². The molecule has 0 saturated carbocycles. The van der Waals surface area contributed by atoms with E-state index in [0.717, 1.165) is 38.4 Å². The summed E-state index contributed by atoms with van der Waals surface area (Å²) in [5, 5.41) is 7.38. The van der Waals surface area contributed by atoms with Crippen molar-refractivity contribution in [3.05, 3.63) is 120 Å². The highest BCUT2D eigenvalue weighted by atomic mass is 19.1. The Labute approximate surface area is 191 Å². The molecule has 0 spiro atoms. The highest BCUT2D eigenvalue weighted by Crippen LogP contribution is 2.20. The summed E-state index contributed by atoms with van der Waals surface area (Å²) in [4.78, 5) is 12.4. The lowest BCUT2D eigenvalue weighted by Gasteiger charge is -2.06. The van der Waals surface area contributed by atoms with Gasteiger partial charge in [-0.1, -0.05) is 60.7 Å². The monoisotopic (exact) mass is 435 g/mol. The first-order valence-electron chi connectivity index (χ1n) is 10.8. The number of amides is 1. The molecule has 162 valence electrons. The molecule has 1 amide bonds. The highest BCUT2D eigenvalue weighted by molar-refractivity contribution is 5.92. The van der Waals surface area contributed by atoms with E-state index in [4.69, 9.17) is 0 Å². The van der Waals surface area contributed by atoms with Gasteiger partial charge in [0.1, 0.15) is 5.82 Å². The van der Waals surface area contributed by atoms with Gasteiger partial charge in [0.05, 0.1) is 12.6 Å². The molecule has 1 heterocycles. The number of hydrogen-bond donors (Lipinski definition) is 1. The number of halogens is 1. The van der Waals surface area contributed by atoms with Gasteiger partial charge in [0.2, 0.25) is 5.91 Å². The van der Waals surface area contributed by atoms with Crippen LogP contribution in [0.4, 0.5) is 4.39 Å². The molecule has 4 nitrogen and oxygen atoms in total. The van der Waals surface area contributed by atoms with Gasteiger partial charge in [0.15, 0.2) is 0 Å². The Morgan fingerprint density at radius 1 is 0.909 bits per heavy atom. The summed E-state index contributed by atoms with van der Waals surface area (Å²) in [6.07, 6.45) is 3.90. The third kappa shape index (κ3) is 4.67. The van der Waals surface area contributed by atoms with Crippen LogP contribution in [-0.4, -0.2) is 16.7 Å². The second kappa shape index (κ2) is 9.09. The Bertz CT molecular complexity index is 1480. The molecule has 0 bridgehead atoms. The van der Waals surface area contributed by atoms with E-state index in [1.54, 1.807) is 18.3 Å².